The van der Waals surface area contributed by atoms with Gasteiger partial charge in [0, 0.05) is 27.0 Å². The Morgan fingerprint density at radius 1 is 0.969 bits per heavy atom. The van der Waals surface area contributed by atoms with E-state index in [9.17, 15) is 14.4 Å². The molecule has 2 aromatic carbocycles. The molecule has 1 aliphatic carbocycles. The number of thiophene rings is 1. The second-order valence-electron chi connectivity index (χ2n) is 7.41. The summed E-state index contributed by atoms with van der Waals surface area (Å²) in [7, 11) is 0. The molecule has 0 atom stereocenters. The molecule has 0 aliphatic heterocycles. The predicted octanol–water partition coefficient (Wildman–Crippen LogP) is 4.81. The number of nitrogens with zero attached hydrogens (tertiary/aromatic N) is 2. The number of benzene rings is 2. The number of hydrogen-bond acceptors (Lipinski definition) is 7. The van der Waals surface area contributed by atoms with Crippen molar-refractivity contribution >= 4 is 56.5 Å². The summed E-state index contributed by atoms with van der Waals surface area (Å²) in [4.78, 5) is 49.5. The third kappa shape index (κ3) is 3.32. The van der Waals surface area contributed by atoms with Gasteiger partial charge in [0.1, 0.15) is 16.2 Å². The van der Waals surface area contributed by atoms with Crippen molar-refractivity contribution in [3.05, 3.63) is 81.5 Å². The van der Waals surface area contributed by atoms with Gasteiger partial charge < -0.3 is 5.32 Å². The lowest BCUT2D eigenvalue weighted by Crippen LogP contribution is -2.24. The number of fused-ring (bicyclic) bond motifs is 3. The molecular formula is C24H17N3O3S2. The highest BCUT2D eigenvalue weighted by atomic mass is 32.2. The van der Waals surface area contributed by atoms with Crippen molar-refractivity contribution in [3.8, 4) is 0 Å². The molecule has 8 heteroatoms. The molecule has 1 N–H and O–H groups in total. The monoisotopic (exact) mass is 459 g/mol. The van der Waals surface area contributed by atoms with E-state index in [-0.39, 0.29) is 28.8 Å². The number of amides is 1. The van der Waals surface area contributed by atoms with E-state index in [4.69, 9.17) is 0 Å². The molecule has 0 unspecified atom stereocenters. The minimum Gasteiger partial charge on any atom is -0.325 e. The molecule has 0 saturated carbocycles. The molecule has 0 fully saturated rings. The van der Waals surface area contributed by atoms with Gasteiger partial charge in [0.25, 0.3) is 0 Å². The quantitative estimate of drug-likeness (QED) is 0.306. The van der Waals surface area contributed by atoms with Gasteiger partial charge in [0.2, 0.25) is 5.91 Å². The molecule has 0 spiro atoms. The van der Waals surface area contributed by atoms with Gasteiger partial charge in [-0.3, -0.25) is 14.4 Å². The zero-order chi connectivity index (χ0) is 22.4. The van der Waals surface area contributed by atoms with Crippen LogP contribution < -0.4 is 5.32 Å². The van der Waals surface area contributed by atoms with Crippen LogP contribution in [0.4, 0.5) is 5.69 Å². The summed E-state index contributed by atoms with van der Waals surface area (Å²) in [6.45, 7) is 4.07. The molecule has 2 aromatic heterocycles. The molecule has 0 radical (unpaired) electrons. The Hall–Kier alpha value is -3.36. The summed E-state index contributed by atoms with van der Waals surface area (Å²) in [5, 5.41) is 4.54. The van der Waals surface area contributed by atoms with Gasteiger partial charge in [-0.1, -0.05) is 48.2 Å². The summed E-state index contributed by atoms with van der Waals surface area (Å²) in [5.41, 5.74) is 2.75. The van der Waals surface area contributed by atoms with Crippen molar-refractivity contribution in [2.45, 2.75) is 18.9 Å². The van der Waals surface area contributed by atoms with E-state index in [1.165, 1.54) is 23.0 Å². The molecule has 158 valence electrons. The number of nitrogens with one attached hydrogen (secondary N) is 1. The number of hydrogen-bond donors (Lipinski definition) is 1. The van der Waals surface area contributed by atoms with Crippen LogP contribution >= 0.6 is 23.1 Å². The molecule has 4 aromatic rings. The van der Waals surface area contributed by atoms with Crippen LogP contribution in [0.25, 0.3) is 10.2 Å². The molecular weight excluding hydrogens is 442 g/mol. The maximum absolute atomic E-state index is 13.1. The average molecular weight is 460 g/mol. The van der Waals surface area contributed by atoms with E-state index in [0.29, 0.717) is 22.4 Å². The second-order valence-corrected chi connectivity index (χ2v) is 9.58. The highest BCUT2D eigenvalue weighted by Gasteiger charge is 2.31. The van der Waals surface area contributed by atoms with Gasteiger partial charge in [0.15, 0.2) is 11.6 Å². The van der Waals surface area contributed by atoms with Crippen molar-refractivity contribution in [1.82, 2.24) is 9.97 Å². The number of ketones is 2. The molecule has 0 saturated heterocycles. The van der Waals surface area contributed by atoms with Gasteiger partial charge in [-0.05, 0) is 25.5 Å². The second kappa shape index (κ2) is 7.96. The van der Waals surface area contributed by atoms with Crippen LogP contribution in [0.1, 0.15) is 42.3 Å². The minimum atomic E-state index is -0.279. The summed E-state index contributed by atoms with van der Waals surface area (Å²) < 4.78 is 0. The van der Waals surface area contributed by atoms with Crippen LogP contribution in [-0.2, 0) is 4.79 Å². The lowest BCUT2D eigenvalue weighted by Gasteiger charge is -2.20. The van der Waals surface area contributed by atoms with E-state index >= 15 is 0 Å². The average Bonchev–Trinajstić information content (AvgIpc) is 3.10. The lowest BCUT2D eigenvalue weighted by molar-refractivity contribution is -0.113. The number of carbonyl (C=O) groups excluding carboxylic acids is 3. The van der Waals surface area contributed by atoms with Crippen molar-refractivity contribution in [1.29, 1.82) is 0 Å². The van der Waals surface area contributed by atoms with Crippen molar-refractivity contribution < 1.29 is 14.4 Å². The van der Waals surface area contributed by atoms with Crippen LogP contribution in [0.2, 0.25) is 0 Å². The standard InChI is InChI=1S/C24H17N3O3S2/c1-12-13(2)32-24-19(12)23(25-11-26-24)31-10-18(28)27-17-9-5-8-16-20(17)22(30)15-7-4-3-6-14(15)21(16)29/h3-9,11H,10H2,1-2H3,(H,27,28). The van der Waals surface area contributed by atoms with Crippen LogP contribution in [0.3, 0.4) is 0 Å². The van der Waals surface area contributed by atoms with Gasteiger partial charge >= 0.3 is 0 Å². The fourth-order valence-electron chi connectivity index (χ4n) is 3.83. The highest BCUT2D eigenvalue weighted by Crippen LogP contribution is 2.35. The molecule has 1 aliphatic rings. The van der Waals surface area contributed by atoms with Crippen molar-refractivity contribution in [2.24, 2.45) is 0 Å². The Kier molecular flexibility index (Phi) is 5.11. The number of anilines is 1. The van der Waals surface area contributed by atoms with E-state index in [0.717, 1.165) is 20.8 Å². The summed E-state index contributed by atoms with van der Waals surface area (Å²) >= 11 is 2.93. The zero-order valence-electron chi connectivity index (χ0n) is 17.3. The molecule has 6 nitrogen and oxygen atoms in total. The molecule has 32 heavy (non-hydrogen) atoms. The first-order valence-electron chi connectivity index (χ1n) is 9.90. The summed E-state index contributed by atoms with van der Waals surface area (Å²) in [6, 6.07) is 11.7. The smallest absolute Gasteiger partial charge is 0.234 e. The van der Waals surface area contributed by atoms with E-state index < -0.39 is 0 Å². The third-order valence-electron chi connectivity index (χ3n) is 5.50. The Morgan fingerprint density at radius 2 is 1.69 bits per heavy atom. The molecule has 5 rings (SSSR count). The molecule has 2 heterocycles. The van der Waals surface area contributed by atoms with Gasteiger partial charge in [0.05, 0.1) is 17.0 Å². The predicted molar refractivity (Wildman–Crippen MR) is 126 cm³/mol. The van der Waals surface area contributed by atoms with Gasteiger partial charge in [-0.15, -0.1) is 11.3 Å². The fourth-order valence-corrected chi connectivity index (χ4v) is 5.75. The fraction of sp³-hybridized carbons (Fsp3) is 0.125. The first kappa shape index (κ1) is 20.5. The number of carbonyl (C=O) groups is 3. The number of rotatable bonds is 4. The van der Waals surface area contributed by atoms with Crippen molar-refractivity contribution in [3.63, 3.8) is 0 Å². The Balaban J connectivity index is 1.40. The van der Waals surface area contributed by atoms with Gasteiger partial charge in [-0.25, -0.2) is 9.97 Å². The van der Waals surface area contributed by atoms with E-state index in [1.54, 1.807) is 53.8 Å². The van der Waals surface area contributed by atoms with E-state index in [1.807, 2.05) is 13.8 Å². The van der Waals surface area contributed by atoms with Crippen LogP contribution in [0, 0.1) is 13.8 Å². The number of aromatic nitrogens is 2. The summed E-state index contributed by atoms with van der Waals surface area (Å²) in [5.74, 6) is -0.644. The van der Waals surface area contributed by atoms with Crippen LogP contribution in [0.5, 0.6) is 0 Å². The topological polar surface area (TPSA) is 89.0 Å². The normalized spacial score (nSPS) is 12.6. The van der Waals surface area contributed by atoms with Crippen LogP contribution in [0.15, 0.2) is 53.8 Å². The Labute approximate surface area is 192 Å². The van der Waals surface area contributed by atoms with Crippen molar-refractivity contribution in [2.75, 3.05) is 11.1 Å². The van der Waals surface area contributed by atoms with Crippen LogP contribution in [-0.4, -0.2) is 33.2 Å². The lowest BCUT2D eigenvalue weighted by atomic mass is 9.83. The highest BCUT2D eigenvalue weighted by molar-refractivity contribution is 8.00. The minimum absolute atomic E-state index is 0.114. The molecule has 1 amide bonds. The largest absolute Gasteiger partial charge is 0.325 e. The SMILES string of the molecule is Cc1sc2ncnc(SCC(=O)Nc3cccc4c3C(=O)c3ccccc3C4=O)c2c1C. The molecule has 0 bridgehead atoms. The maximum Gasteiger partial charge on any atom is 0.234 e. The Bertz CT molecular complexity index is 1440. The Morgan fingerprint density at radius 3 is 2.47 bits per heavy atom. The number of thioether (sulfide) groups is 1. The maximum atomic E-state index is 13.1. The summed E-state index contributed by atoms with van der Waals surface area (Å²) in [6.07, 6.45) is 1.51. The first-order valence-corrected chi connectivity index (χ1v) is 11.7. The zero-order valence-corrected chi connectivity index (χ0v) is 18.9. The first-order chi connectivity index (χ1) is 15.5. The number of aryl methyl sites for hydroxylation is 2. The van der Waals surface area contributed by atoms with E-state index in [2.05, 4.69) is 15.3 Å². The van der Waals surface area contributed by atoms with Gasteiger partial charge in [-0.2, -0.15) is 0 Å². The third-order valence-corrected chi connectivity index (χ3v) is 7.60.